The molecule has 1 aliphatic carbocycles. The first-order valence-electron chi connectivity index (χ1n) is 10.6. The Morgan fingerprint density at radius 2 is 1.75 bits per heavy atom. The number of alkyl halides is 3. The molecule has 1 atom stereocenters. The second-order valence-electron chi connectivity index (χ2n) is 8.49. The second-order valence-corrected chi connectivity index (χ2v) is 8.49. The summed E-state index contributed by atoms with van der Waals surface area (Å²) in [4.78, 5) is 13.6. The van der Waals surface area contributed by atoms with Gasteiger partial charge in [-0.2, -0.15) is 18.3 Å². The number of halogens is 3. The Kier molecular flexibility index (Phi) is 4.31. The van der Waals surface area contributed by atoms with Crippen molar-refractivity contribution in [2.75, 3.05) is 31.2 Å². The highest BCUT2D eigenvalue weighted by atomic mass is 19.4. The fraction of sp³-hybridized carbons (Fsp3) is 0.409. The van der Waals surface area contributed by atoms with Crippen LogP contribution in [0.2, 0.25) is 0 Å². The molecule has 166 valence electrons. The quantitative estimate of drug-likeness (QED) is 0.667. The van der Waals surface area contributed by atoms with Gasteiger partial charge < -0.3 is 4.74 Å². The van der Waals surface area contributed by atoms with Crippen molar-refractivity contribution in [3.8, 4) is 11.1 Å². The van der Waals surface area contributed by atoms with Crippen LogP contribution < -0.4 is 4.90 Å². The monoisotopic (exact) mass is 442 g/mol. The molecule has 1 saturated carbocycles. The van der Waals surface area contributed by atoms with Gasteiger partial charge in [0, 0.05) is 47.7 Å². The number of nitrogens with one attached hydrogen (secondary N) is 1. The van der Waals surface area contributed by atoms with Crippen LogP contribution in [0.4, 0.5) is 24.8 Å². The minimum Gasteiger partial charge on any atom is -0.379 e. The lowest BCUT2D eigenvalue weighted by atomic mass is 9.95. The zero-order chi connectivity index (χ0) is 21.9. The Bertz CT molecular complexity index is 1140. The summed E-state index contributed by atoms with van der Waals surface area (Å²) in [6.45, 7) is 2.99. The van der Waals surface area contributed by atoms with E-state index in [4.69, 9.17) is 4.74 Å². The van der Waals surface area contributed by atoms with E-state index < -0.39 is 11.9 Å². The van der Waals surface area contributed by atoms with Gasteiger partial charge >= 0.3 is 6.18 Å². The van der Waals surface area contributed by atoms with Gasteiger partial charge in [-0.15, -0.1) is 0 Å². The predicted octanol–water partition coefficient (Wildman–Crippen LogP) is 3.73. The van der Waals surface area contributed by atoms with Crippen LogP contribution in [0.1, 0.15) is 24.1 Å². The Morgan fingerprint density at radius 3 is 2.44 bits per heavy atom. The van der Waals surface area contributed by atoms with Crippen molar-refractivity contribution in [2.45, 2.75) is 30.6 Å². The Labute approximate surface area is 182 Å². The summed E-state index contributed by atoms with van der Waals surface area (Å²) in [6.07, 6.45) is 1.75. The maximum absolute atomic E-state index is 13.3. The van der Waals surface area contributed by atoms with E-state index in [1.54, 1.807) is 0 Å². The molecule has 2 aromatic heterocycles. The molecule has 0 amide bonds. The van der Waals surface area contributed by atoms with Crippen molar-refractivity contribution in [1.29, 1.82) is 0 Å². The number of aromatic amines is 1. The molecular weight excluding hydrogens is 421 g/mol. The average Bonchev–Trinajstić information content (AvgIpc) is 3.32. The van der Waals surface area contributed by atoms with Crippen molar-refractivity contribution >= 4 is 11.6 Å². The molecule has 1 N–H and O–H groups in total. The molecule has 1 aromatic carbocycles. The Balaban J connectivity index is 1.41. The second kappa shape index (κ2) is 7.01. The van der Waals surface area contributed by atoms with Crippen LogP contribution in [-0.4, -0.2) is 57.5 Å². The highest BCUT2D eigenvalue weighted by Crippen LogP contribution is 2.62. The highest BCUT2D eigenvalue weighted by Gasteiger charge is 2.61. The van der Waals surface area contributed by atoms with Crippen molar-refractivity contribution in [1.82, 2.24) is 25.1 Å². The zero-order valence-electron chi connectivity index (χ0n) is 17.1. The van der Waals surface area contributed by atoms with E-state index in [9.17, 15) is 13.2 Å². The number of aromatic nitrogens is 4. The van der Waals surface area contributed by atoms with E-state index in [1.165, 1.54) is 18.0 Å². The Hall–Kier alpha value is -2.98. The van der Waals surface area contributed by atoms with Gasteiger partial charge in [0.05, 0.1) is 25.6 Å². The third-order valence-electron chi connectivity index (χ3n) is 6.71. The predicted molar refractivity (Wildman–Crippen MR) is 110 cm³/mol. The Morgan fingerprint density at radius 1 is 1.03 bits per heavy atom. The van der Waals surface area contributed by atoms with Gasteiger partial charge in [-0.05, 0) is 24.5 Å². The van der Waals surface area contributed by atoms with E-state index >= 15 is 0 Å². The van der Waals surface area contributed by atoms with Crippen LogP contribution in [0.15, 0.2) is 42.9 Å². The lowest BCUT2D eigenvalue weighted by Gasteiger charge is -2.40. The average molecular weight is 442 g/mol. The highest BCUT2D eigenvalue weighted by molar-refractivity contribution is 5.73. The van der Waals surface area contributed by atoms with Crippen LogP contribution in [0, 0.1) is 0 Å². The largest absolute Gasteiger partial charge is 0.433 e. The number of H-pyrrole nitrogens is 1. The number of ether oxygens (including phenoxy) is 1. The van der Waals surface area contributed by atoms with Crippen molar-refractivity contribution in [2.24, 2.45) is 0 Å². The van der Waals surface area contributed by atoms with Crippen molar-refractivity contribution in [3.63, 3.8) is 0 Å². The van der Waals surface area contributed by atoms with Gasteiger partial charge in [-0.3, -0.25) is 14.9 Å². The zero-order valence-corrected chi connectivity index (χ0v) is 17.1. The maximum Gasteiger partial charge on any atom is 0.433 e. The number of hydrogen-bond donors (Lipinski definition) is 1. The summed E-state index contributed by atoms with van der Waals surface area (Å²) in [5, 5.41) is 5.60. The molecule has 10 heteroatoms. The first-order chi connectivity index (χ1) is 15.5. The molecule has 7 nitrogen and oxygen atoms in total. The molecule has 3 aromatic rings. The molecule has 4 heterocycles. The number of benzene rings is 1. The molecule has 3 aliphatic rings. The fourth-order valence-electron chi connectivity index (χ4n) is 5.14. The number of hydrogen-bond acceptors (Lipinski definition) is 6. The van der Waals surface area contributed by atoms with Gasteiger partial charge in [-0.25, -0.2) is 9.97 Å². The number of nitrogens with zero attached hydrogens (tertiary/aromatic N) is 5. The molecule has 0 bridgehead atoms. The molecule has 1 spiro atoms. The van der Waals surface area contributed by atoms with Gasteiger partial charge in [0.2, 0.25) is 5.95 Å². The summed E-state index contributed by atoms with van der Waals surface area (Å²) in [5.41, 5.74) is 1.69. The summed E-state index contributed by atoms with van der Waals surface area (Å²) in [6, 6.07) is 8.30. The number of para-hydroxylation sites is 1. The van der Waals surface area contributed by atoms with Crippen LogP contribution in [0.25, 0.3) is 11.1 Å². The normalized spacial score (nSPS) is 22.3. The van der Waals surface area contributed by atoms with E-state index in [1.807, 2.05) is 11.2 Å². The van der Waals surface area contributed by atoms with Gasteiger partial charge in [0.1, 0.15) is 5.69 Å². The van der Waals surface area contributed by atoms with Crippen LogP contribution >= 0.6 is 0 Å². The van der Waals surface area contributed by atoms with Crippen molar-refractivity contribution < 1.29 is 17.9 Å². The molecule has 2 aliphatic heterocycles. The lowest BCUT2D eigenvalue weighted by molar-refractivity contribution is -0.140. The smallest absolute Gasteiger partial charge is 0.379 e. The summed E-state index contributed by atoms with van der Waals surface area (Å²) in [5.74, 6) is 0.485. The molecule has 1 unspecified atom stereocenters. The number of fused-ring (bicyclic) bond motifs is 2. The summed E-state index contributed by atoms with van der Waals surface area (Å²) < 4.78 is 45.4. The van der Waals surface area contributed by atoms with Crippen LogP contribution in [0.5, 0.6) is 0 Å². The molecule has 1 saturated heterocycles. The van der Waals surface area contributed by atoms with E-state index in [-0.39, 0.29) is 22.7 Å². The molecule has 2 fully saturated rings. The van der Waals surface area contributed by atoms with E-state index in [0.717, 1.165) is 37.8 Å². The lowest BCUT2D eigenvalue weighted by Crippen LogP contribution is -2.54. The molecular formula is C22H21F3N6O. The first kappa shape index (κ1) is 19.7. The standard InChI is InChI=1S/C22H21F3N6O/c23-22(24,25)18-15(13-28-29-18)14-11-26-20(27-12-14)31-17-4-2-1-3-16(17)21(5-6-21)19(31)30-7-9-32-10-8-30/h1-4,11-13,19H,5-10H2,(H,28,29). The van der Waals surface area contributed by atoms with Gasteiger partial charge in [0.25, 0.3) is 0 Å². The SMILES string of the molecule is FC(F)(F)c1[nH]ncc1-c1cnc(N2c3ccccc3C3(CC3)C2N2CCOCC2)nc1. The summed E-state index contributed by atoms with van der Waals surface area (Å²) >= 11 is 0. The number of morpholine rings is 1. The summed E-state index contributed by atoms with van der Waals surface area (Å²) in [7, 11) is 0. The maximum atomic E-state index is 13.3. The van der Waals surface area contributed by atoms with Gasteiger partial charge in [0.15, 0.2) is 0 Å². The van der Waals surface area contributed by atoms with E-state index in [2.05, 4.69) is 43.1 Å². The van der Waals surface area contributed by atoms with Gasteiger partial charge in [-0.1, -0.05) is 18.2 Å². The minimum atomic E-state index is -4.53. The fourth-order valence-corrected chi connectivity index (χ4v) is 5.14. The van der Waals surface area contributed by atoms with Crippen LogP contribution in [0.3, 0.4) is 0 Å². The molecule has 0 radical (unpaired) electrons. The topological polar surface area (TPSA) is 70.2 Å². The third kappa shape index (κ3) is 2.93. The number of rotatable bonds is 3. The van der Waals surface area contributed by atoms with E-state index in [0.29, 0.717) is 19.2 Å². The molecule has 6 rings (SSSR count). The number of anilines is 2. The molecule has 32 heavy (non-hydrogen) atoms. The van der Waals surface area contributed by atoms with Crippen LogP contribution in [-0.2, 0) is 16.3 Å². The van der Waals surface area contributed by atoms with Crippen molar-refractivity contribution in [3.05, 3.63) is 54.1 Å². The first-order valence-corrected chi connectivity index (χ1v) is 10.6. The third-order valence-corrected chi connectivity index (χ3v) is 6.71. The minimum absolute atomic E-state index is 0.0317.